The van der Waals surface area contributed by atoms with Crippen molar-refractivity contribution >= 4 is 10.0 Å². The summed E-state index contributed by atoms with van der Waals surface area (Å²) in [6.07, 6.45) is 1.85. The lowest BCUT2D eigenvalue weighted by atomic mass is 9.74. The minimum Gasteiger partial charge on any atom is -0.383 e. The van der Waals surface area contributed by atoms with E-state index in [0.717, 1.165) is 24.9 Å². The molecule has 2 saturated heterocycles. The molecule has 3 aromatic rings. The van der Waals surface area contributed by atoms with Gasteiger partial charge in [-0.05, 0) is 68.5 Å². The topological polar surface area (TPSA) is 49.9 Å². The van der Waals surface area contributed by atoms with Crippen molar-refractivity contribution in [2.24, 2.45) is 0 Å². The fraction of sp³-hybridized carbons (Fsp3) is 0.419. The first kappa shape index (κ1) is 26.1. The van der Waals surface area contributed by atoms with Crippen LogP contribution >= 0.6 is 0 Å². The van der Waals surface area contributed by atoms with Gasteiger partial charge >= 0.3 is 0 Å². The van der Waals surface area contributed by atoms with Crippen LogP contribution in [0.1, 0.15) is 41.0 Å². The number of fused-ring (bicyclic) bond motifs is 1. The summed E-state index contributed by atoms with van der Waals surface area (Å²) in [5, 5.41) is 0. The lowest BCUT2D eigenvalue weighted by Crippen LogP contribution is -2.68. The molecule has 0 aliphatic carbocycles. The Kier molecular flexibility index (Phi) is 7.55. The van der Waals surface area contributed by atoms with Crippen molar-refractivity contribution in [3.63, 3.8) is 0 Å². The van der Waals surface area contributed by atoms with Crippen LogP contribution in [0.5, 0.6) is 0 Å². The molecule has 2 fully saturated rings. The van der Waals surface area contributed by atoms with Crippen LogP contribution in [0.25, 0.3) is 11.1 Å². The molecule has 3 aromatic carbocycles. The van der Waals surface area contributed by atoms with Crippen molar-refractivity contribution in [1.82, 2.24) is 9.21 Å². The van der Waals surface area contributed by atoms with Crippen molar-refractivity contribution in [2.45, 2.75) is 56.5 Å². The average molecular weight is 519 g/mol. The van der Waals surface area contributed by atoms with Crippen molar-refractivity contribution in [3.8, 4) is 11.1 Å². The van der Waals surface area contributed by atoms with E-state index in [1.165, 1.54) is 27.8 Å². The monoisotopic (exact) mass is 518 g/mol. The molecule has 0 aromatic heterocycles. The molecular formula is C31H38N2O3S. The molecule has 5 nitrogen and oxygen atoms in total. The Hall–Kier alpha value is -2.51. The van der Waals surface area contributed by atoms with Crippen LogP contribution in [0.4, 0.5) is 0 Å². The summed E-state index contributed by atoms with van der Waals surface area (Å²) in [6, 6.07) is 23.2. The number of hydrogen-bond donors (Lipinski definition) is 0. The second-order valence-corrected chi connectivity index (χ2v) is 12.6. The summed E-state index contributed by atoms with van der Waals surface area (Å²) >= 11 is 0. The number of aryl methyl sites for hydroxylation is 3. The smallest absolute Gasteiger partial charge is 0.243 e. The van der Waals surface area contributed by atoms with E-state index >= 15 is 0 Å². The Balaban J connectivity index is 1.45. The Labute approximate surface area is 222 Å². The van der Waals surface area contributed by atoms with Crippen molar-refractivity contribution in [2.75, 3.05) is 33.4 Å². The third-order valence-electron chi connectivity index (χ3n) is 8.05. The SMILES string of the molecule is COCC1[C@@H](c2ccc(-c3cc(C)cc(C)c3)cc2)[C@@H]2CN(S(=O)(=O)c3ccccc3C)CCCCN12. The predicted octanol–water partition coefficient (Wildman–Crippen LogP) is 5.55. The van der Waals surface area contributed by atoms with Crippen molar-refractivity contribution < 1.29 is 13.2 Å². The number of ether oxygens (including phenoxy) is 1. The molecule has 0 N–H and O–H groups in total. The van der Waals surface area contributed by atoms with Crippen LogP contribution in [0, 0.1) is 20.8 Å². The van der Waals surface area contributed by atoms with Gasteiger partial charge in [0.15, 0.2) is 0 Å². The molecule has 6 heteroatoms. The van der Waals surface area contributed by atoms with E-state index in [1.54, 1.807) is 17.5 Å². The molecular weight excluding hydrogens is 480 g/mol. The van der Waals surface area contributed by atoms with Crippen LogP contribution in [0.3, 0.4) is 0 Å². The highest BCUT2D eigenvalue weighted by Crippen LogP contribution is 2.43. The van der Waals surface area contributed by atoms with Crippen LogP contribution in [0.2, 0.25) is 0 Å². The average Bonchev–Trinajstić information content (AvgIpc) is 2.85. The van der Waals surface area contributed by atoms with Crippen LogP contribution in [0.15, 0.2) is 71.6 Å². The van der Waals surface area contributed by atoms with E-state index in [-0.39, 0.29) is 18.0 Å². The molecule has 0 radical (unpaired) electrons. The molecule has 5 rings (SSSR count). The first-order chi connectivity index (χ1) is 17.8. The number of hydrogen-bond acceptors (Lipinski definition) is 4. The van der Waals surface area contributed by atoms with Crippen molar-refractivity contribution in [3.05, 3.63) is 89.0 Å². The summed E-state index contributed by atoms with van der Waals surface area (Å²) < 4.78 is 34.8. The number of sulfonamides is 1. The van der Waals surface area contributed by atoms with Gasteiger partial charge in [-0.1, -0.05) is 71.8 Å². The molecule has 2 aliphatic rings. The normalized spacial score (nSPS) is 23.1. The molecule has 3 atom stereocenters. The number of rotatable bonds is 6. The summed E-state index contributed by atoms with van der Waals surface area (Å²) in [6.45, 7) is 8.83. The summed E-state index contributed by atoms with van der Waals surface area (Å²) in [7, 11) is -1.81. The lowest BCUT2D eigenvalue weighted by molar-refractivity contribution is -0.0635. The van der Waals surface area contributed by atoms with E-state index in [0.29, 0.717) is 24.6 Å². The Bertz CT molecular complexity index is 1330. The summed E-state index contributed by atoms with van der Waals surface area (Å²) in [4.78, 5) is 2.90. The van der Waals surface area contributed by atoms with Gasteiger partial charge in [0.1, 0.15) is 0 Å². The molecule has 0 saturated carbocycles. The zero-order valence-electron chi connectivity index (χ0n) is 22.4. The fourth-order valence-electron chi connectivity index (χ4n) is 6.30. The van der Waals surface area contributed by atoms with Gasteiger partial charge in [-0.15, -0.1) is 0 Å². The highest BCUT2D eigenvalue weighted by atomic mass is 32.2. The molecule has 2 heterocycles. The number of benzene rings is 3. The number of methoxy groups -OCH3 is 1. The third kappa shape index (κ3) is 5.13. The molecule has 0 spiro atoms. The second-order valence-electron chi connectivity index (χ2n) is 10.7. The Morgan fingerprint density at radius 2 is 1.54 bits per heavy atom. The molecule has 2 aliphatic heterocycles. The summed E-state index contributed by atoms with van der Waals surface area (Å²) in [5.41, 5.74) is 7.01. The first-order valence-electron chi connectivity index (χ1n) is 13.3. The van der Waals surface area contributed by atoms with Gasteiger partial charge in [0, 0.05) is 38.2 Å². The maximum Gasteiger partial charge on any atom is 0.243 e. The zero-order chi connectivity index (χ0) is 26.2. The quantitative estimate of drug-likeness (QED) is 0.430. The number of nitrogens with zero attached hydrogens (tertiary/aromatic N) is 2. The van der Waals surface area contributed by atoms with Gasteiger partial charge in [-0.2, -0.15) is 4.31 Å². The van der Waals surface area contributed by atoms with E-state index in [9.17, 15) is 8.42 Å². The molecule has 196 valence electrons. The van der Waals surface area contributed by atoms with Gasteiger partial charge in [0.05, 0.1) is 11.5 Å². The van der Waals surface area contributed by atoms with E-state index in [2.05, 4.69) is 61.2 Å². The van der Waals surface area contributed by atoms with E-state index in [4.69, 9.17) is 4.74 Å². The lowest BCUT2D eigenvalue weighted by Gasteiger charge is -2.57. The first-order valence-corrected chi connectivity index (χ1v) is 14.7. The molecule has 37 heavy (non-hydrogen) atoms. The van der Waals surface area contributed by atoms with Crippen molar-refractivity contribution in [1.29, 1.82) is 0 Å². The largest absolute Gasteiger partial charge is 0.383 e. The molecule has 0 bridgehead atoms. The fourth-order valence-corrected chi connectivity index (χ4v) is 8.02. The highest BCUT2D eigenvalue weighted by Gasteiger charge is 2.50. The zero-order valence-corrected chi connectivity index (χ0v) is 23.2. The van der Waals surface area contributed by atoms with E-state index < -0.39 is 10.0 Å². The van der Waals surface area contributed by atoms with Crippen LogP contribution < -0.4 is 0 Å². The van der Waals surface area contributed by atoms with Crippen LogP contribution in [-0.4, -0.2) is 63.1 Å². The van der Waals surface area contributed by atoms with Crippen LogP contribution in [-0.2, 0) is 14.8 Å². The summed E-state index contributed by atoms with van der Waals surface area (Å²) in [5.74, 6) is 0.223. The van der Waals surface area contributed by atoms with Gasteiger partial charge < -0.3 is 4.74 Å². The highest BCUT2D eigenvalue weighted by molar-refractivity contribution is 7.89. The Morgan fingerprint density at radius 3 is 2.22 bits per heavy atom. The Morgan fingerprint density at radius 1 is 0.865 bits per heavy atom. The third-order valence-corrected chi connectivity index (χ3v) is 10.1. The van der Waals surface area contributed by atoms with Gasteiger partial charge in [0.25, 0.3) is 0 Å². The van der Waals surface area contributed by atoms with E-state index in [1.807, 2.05) is 25.1 Å². The maximum atomic E-state index is 13.7. The second kappa shape index (κ2) is 10.7. The van der Waals surface area contributed by atoms with Gasteiger partial charge in [-0.25, -0.2) is 8.42 Å². The minimum absolute atomic E-state index is 0.131. The standard InChI is InChI=1S/C31H38N2O3S/c1-22-17-23(2)19-27(18-22)25-11-13-26(14-12-25)31-28-20-32(15-7-8-16-33(28)29(31)21-36-4)37(34,35)30-10-6-5-9-24(30)3/h5-6,9-14,17-19,28-29,31H,7-8,15-16,20-21H2,1-4H3/t28-,29?,31-/m0/s1. The predicted molar refractivity (Wildman–Crippen MR) is 149 cm³/mol. The van der Waals surface area contributed by atoms with Gasteiger partial charge in [0.2, 0.25) is 10.0 Å². The maximum absolute atomic E-state index is 13.7. The molecule has 0 amide bonds. The van der Waals surface area contributed by atoms with Gasteiger partial charge in [-0.3, -0.25) is 4.90 Å². The minimum atomic E-state index is -3.57. The molecule has 1 unspecified atom stereocenters.